The molecular weight excluding hydrogens is 499 g/mol. The quantitative estimate of drug-likeness (QED) is 0.315. The third-order valence-corrected chi connectivity index (χ3v) is 6.49. The fourth-order valence-electron chi connectivity index (χ4n) is 4.47. The van der Waals surface area contributed by atoms with Crippen LogP contribution in [0.4, 0.5) is 5.69 Å². The molecule has 1 aromatic carbocycles. The van der Waals surface area contributed by atoms with E-state index in [1.54, 1.807) is 0 Å². The standard InChI is InChI=1S/C24H42N6.HI/c1-6-25-24(26-17-23(19(2)3)29-15-13-28(5)14-16-29)27-21-11-12-30(18-21)22-9-7-20(4)8-10-22;/h7-10,19,21,23H,6,11-18H2,1-5H3,(H2,25,26,27);1H. The van der Waals surface area contributed by atoms with E-state index in [1.807, 2.05) is 0 Å². The Kier molecular flexibility index (Phi) is 10.9. The number of rotatable bonds is 7. The smallest absolute Gasteiger partial charge is 0.191 e. The number of likely N-dealkylation sites (N-methyl/N-ethyl adjacent to an activating group) is 1. The van der Waals surface area contributed by atoms with Crippen LogP contribution in [0.25, 0.3) is 0 Å². The Morgan fingerprint density at radius 3 is 2.39 bits per heavy atom. The average Bonchev–Trinajstić information content (AvgIpc) is 3.18. The molecule has 2 aliphatic heterocycles. The summed E-state index contributed by atoms with van der Waals surface area (Å²) in [5, 5.41) is 7.17. The van der Waals surface area contributed by atoms with Crippen molar-refractivity contribution in [1.29, 1.82) is 0 Å². The largest absolute Gasteiger partial charge is 0.369 e. The van der Waals surface area contributed by atoms with Gasteiger partial charge in [-0.15, -0.1) is 24.0 Å². The van der Waals surface area contributed by atoms with Crippen molar-refractivity contribution in [2.45, 2.75) is 46.2 Å². The first-order valence-corrected chi connectivity index (χ1v) is 11.7. The first-order valence-electron chi connectivity index (χ1n) is 11.7. The van der Waals surface area contributed by atoms with Gasteiger partial charge >= 0.3 is 0 Å². The summed E-state index contributed by atoms with van der Waals surface area (Å²) in [4.78, 5) is 12.5. The van der Waals surface area contributed by atoms with E-state index in [0.29, 0.717) is 18.0 Å². The second kappa shape index (κ2) is 12.8. The molecule has 2 N–H and O–H groups in total. The molecule has 7 heteroatoms. The maximum Gasteiger partial charge on any atom is 0.191 e. The molecule has 2 atom stereocenters. The molecule has 2 unspecified atom stereocenters. The molecule has 2 fully saturated rings. The molecular formula is C24H43IN6. The minimum Gasteiger partial charge on any atom is -0.369 e. The molecule has 0 radical (unpaired) electrons. The predicted octanol–water partition coefficient (Wildman–Crippen LogP) is 3.02. The van der Waals surface area contributed by atoms with Gasteiger partial charge in [-0.25, -0.2) is 0 Å². The van der Waals surface area contributed by atoms with Crippen LogP contribution >= 0.6 is 24.0 Å². The minimum absolute atomic E-state index is 0. The van der Waals surface area contributed by atoms with Crippen LogP contribution < -0.4 is 15.5 Å². The lowest BCUT2D eigenvalue weighted by molar-refractivity contribution is 0.0925. The zero-order valence-corrected chi connectivity index (χ0v) is 22.4. The number of guanidine groups is 1. The highest BCUT2D eigenvalue weighted by Gasteiger charge is 2.26. The van der Waals surface area contributed by atoms with Crippen LogP contribution in [-0.2, 0) is 0 Å². The van der Waals surface area contributed by atoms with Gasteiger partial charge in [-0.2, -0.15) is 0 Å². The number of hydrogen-bond donors (Lipinski definition) is 2. The van der Waals surface area contributed by atoms with Gasteiger partial charge in [-0.1, -0.05) is 31.5 Å². The van der Waals surface area contributed by atoms with E-state index in [2.05, 4.69) is 84.3 Å². The molecule has 0 saturated carbocycles. The van der Waals surface area contributed by atoms with Crippen LogP contribution in [0.3, 0.4) is 0 Å². The summed E-state index contributed by atoms with van der Waals surface area (Å²) < 4.78 is 0. The van der Waals surface area contributed by atoms with Gasteiger partial charge in [-0.3, -0.25) is 9.89 Å². The van der Waals surface area contributed by atoms with Crippen molar-refractivity contribution < 1.29 is 0 Å². The lowest BCUT2D eigenvalue weighted by Gasteiger charge is -2.39. The normalized spacial score (nSPS) is 21.8. The van der Waals surface area contributed by atoms with Crippen LogP contribution in [0.2, 0.25) is 0 Å². The Labute approximate surface area is 206 Å². The summed E-state index contributed by atoms with van der Waals surface area (Å²) in [6, 6.07) is 9.81. The van der Waals surface area contributed by atoms with E-state index in [9.17, 15) is 0 Å². The van der Waals surface area contributed by atoms with Crippen molar-refractivity contribution in [3.8, 4) is 0 Å². The van der Waals surface area contributed by atoms with E-state index in [0.717, 1.165) is 64.7 Å². The lowest BCUT2D eigenvalue weighted by atomic mass is 10.0. The molecule has 3 rings (SSSR count). The summed E-state index contributed by atoms with van der Waals surface area (Å²) in [5.74, 6) is 1.57. The van der Waals surface area contributed by atoms with Crippen LogP contribution in [0.15, 0.2) is 29.3 Å². The van der Waals surface area contributed by atoms with Gasteiger partial charge in [0.05, 0.1) is 6.54 Å². The second-order valence-electron chi connectivity index (χ2n) is 9.28. The third kappa shape index (κ3) is 7.79. The van der Waals surface area contributed by atoms with Crippen LogP contribution in [0.5, 0.6) is 0 Å². The summed E-state index contributed by atoms with van der Waals surface area (Å²) in [6.07, 6.45) is 1.14. The van der Waals surface area contributed by atoms with Gasteiger partial charge in [0, 0.05) is 63.6 Å². The van der Waals surface area contributed by atoms with Crippen LogP contribution in [0.1, 0.15) is 32.8 Å². The molecule has 0 bridgehead atoms. The number of hydrogen-bond acceptors (Lipinski definition) is 4. The fourth-order valence-corrected chi connectivity index (χ4v) is 4.47. The SMILES string of the molecule is CCNC(=NCC(C(C)C)N1CCN(C)CC1)NC1CCN(c2ccc(C)cc2)C1.I. The zero-order chi connectivity index (χ0) is 21.5. The maximum absolute atomic E-state index is 5.02. The summed E-state index contributed by atoms with van der Waals surface area (Å²) in [5.41, 5.74) is 2.64. The van der Waals surface area contributed by atoms with E-state index in [-0.39, 0.29) is 24.0 Å². The first-order chi connectivity index (χ1) is 14.5. The molecule has 2 saturated heterocycles. The van der Waals surface area contributed by atoms with Crippen molar-refractivity contribution in [1.82, 2.24) is 20.4 Å². The fraction of sp³-hybridized carbons (Fsp3) is 0.708. The predicted molar refractivity (Wildman–Crippen MR) is 144 cm³/mol. The van der Waals surface area contributed by atoms with Crippen molar-refractivity contribution in [3.05, 3.63) is 29.8 Å². The highest BCUT2D eigenvalue weighted by molar-refractivity contribution is 14.0. The van der Waals surface area contributed by atoms with E-state index in [4.69, 9.17) is 4.99 Å². The molecule has 2 aliphatic rings. The van der Waals surface area contributed by atoms with Gasteiger partial charge in [0.15, 0.2) is 5.96 Å². The van der Waals surface area contributed by atoms with Crippen molar-refractivity contribution in [3.63, 3.8) is 0 Å². The highest BCUT2D eigenvalue weighted by atomic mass is 127. The number of piperazine rings is 1. The monoisotopic (exact) mass is 542 g/mol. The van der Waals surface area contributed by atoms with Crippen LogP contribution in [0, 0.1) is 12.8 Å². The number of halogens is 1. The Morgan fingerprint density at radius 1 is 1.10 bits per heavy atom. The molecule has 1 aromatic rings. The Bertz CT molecular complexity index is 669. The van der Waals surface area contributed by atoms with Crippen molar-refractivity contribution in [2.75, 3.05) is 64.3 Å². The number of benzene rings is 1. The zero-order valence-electron chi connectivity index (χ0n) is 20.1. The topological polar surface area (TPSA) is 46.1 Å². The van der Waals surface area contributed by atoms with Gasteiger partial charge in [0.1, 0.15) is 0 Å². The van der Waals surface area contributed by atoms with Crippen LogP contribution in [-0.4, -0.2) is 87.2 Å². The van der Waals surface area contributed by atoms with Gasteiger partial charge in [0.2, 0.25) is 0 Å². The molecule has 6 nitrogen and oxygen atoms in total. The molecule has 0 aliphatic carbocycles. The summed E-state index contributed by atoms with van der Waals surface area (Å²) in [7, 11) is 2.22. The summed E-state index contributed by atoms with van der Waals surface area (Å²) >= 11 is 0. The highest BCUT2D eigenvalue weighted by Crippen LogP contribution is 2.21. The molecule has 0 amide bonds. The van der Waals surface area contributed by atoms with Crippen molar-refractivity contribution in [2.24, 2.45) is 10.9 Å². The molecule has 0 aromatic heterocycles. The molecule has 0 spiro atoms. The molecule has 2 heterocycles. The number of anilines is 1. The van der Waals surface area contributed by atoms with Gasteiger partial charge in [0.25, 0.3) is 0 Å². The molecule has 176 valence electrons. The maximum atomic E-state index is 5.02. The number of aliphatic imine (C=N–C) groups is 1. The summed E-state index contributed by atoms with van der Waals surface area (Å²) in [6.45, 7) is 17.4. The second-order valence-corrected chi connectivity index (χ2v) is 9.28. The van der Waals surface area contributed by atoms with Crippen molar-refractivity contribution >= 4 is 35.6 Å². The molecule has 31 heavy (non-hydrogen) atoms. The van der Waals surface area contributed by atoms with Gasteiger partial charge in [-0.05, 0) is 45.4 Å². The third-order valence-electron chi connectivity index (χ3n) is 6.49. The number of aryl methyl sites for hydroxylation is 1. The van der Waals surface area contributed by atoms with E-state index in [1.165, 1.54) is 11.3 Å². The van der Waals surface area contributed by atoms with Gasteiger partial charge < -0.3 is 20.4 Å². The number of nitrogens with one attached hydrogen (secondary N) is 2. The Balaban J connectivity index is 0.00000341. The Hall–Kier alpha value is -1.06. The average molecular weight is 543 g/mol. The van der Waals surface area contributed by atoms with E-state index >= 15 is 0 Å². The number of nitrogens with zero attached hydrogens (tertiary/aromatic N) is 4. The Morgan fingerprint density at radius 2 is 1.77 bits per heavy atom. The minimum atomic E-state index is 0. The first kappa shape index (κ1) is 26.2. The lowest BCUT2D eigenvalue weighted by Crippen LogP contribution is -2.52. The van der Waals surface area contributed by atoms with E-state index < -0.39 is 0 Å².